The minimum atomic E-state index is -3.83. The van der Waals surface area contributed by atoms with Crippen molar-refractivity contribution in [2.75, 3.05) is 20.7 Å². The third-order valence-corrected chi connectivity index (χ3v) is 7.65. The number of hydrogen-bond acceptors (Lipinski definition) is 8. The number of para-hydroxylation sites is 1. The summed E-state index contributed by atoms with van der Waals surface area (Å²) in [4.78, 5) is 30.4. The third-order valence-electron chi connectivity index (χ3n) is 4.43. The Kier molecular flexibility index (Phi) is 6.45. The van der Waals surface area contributed by atoms with E-state index >= 15 is 0 Å². The van der Waals surface area contributed by atoms with Crippen LogP contribution in [0, 0.1) is 11.3 Å². The molecule has 12 heteroatoms. The van der Waals surface area contributed by atoms with Gasteiger partial charge in [0.1, 0.15) is 16.7 Å². The van der Waals surface area contributed by atoms with E-state index in [0.717, 1.165) is 23.1 Å². The normalized spacial score (nSPS) is 15.1. The Morgan fingerprint density at radius 1 is 1.12 bits per heavy atom. The van der Waals surface area contributed by atoms with E-state index in [4.69, 9.17) is 0 Å². The van der Waals surface area contributed by atoms with E-state index in [-0.39, 0.29) is 32.3 Å². The van der Waals surface area contributed by atoms with Crippen LogP contribution in [0.15, 0.2) is 81.7 Å². The molecule has 1 fully saturated rings. The SMILES string of the molecule is N#C/C(C(=O)Nc1ccc(S(=O)(=O)Nc2nccs2)cc1)=C1/SCC(=O)N1c1ccccc1. The fourth-order valence-corrected chi connectivity index (χ4v) is 5.75. The number of nitrogens with zero attached hydrogens (tertiary/aromatic N) is 3. The first-order valence-electron chi connectivity index (χ1n) is 9.38. The zero-order chi connectivity index (χ0) is 23.4. The average molecular weight is 498 g/mol. The number of hydrogen-bond donors (Lipinski definition) is 2. The summed E-state index contributed by atoms with van der Waals surface area (Å²) in [6.45, 7) is 0. The van der Waals surface area contributed by atoms with Gasteiger partial charge in [-0.15, -0.1) is 11.3 Å². The van der Waals surface area contributed by atoms with Gasteiger partial charge in [-0.3, -0.25) is 19.2 Å². The Hall–Kier alpha value is -3.66. The summed E-state index contributed by atoms with van der Waals surface area (Å²) >= 11 is 2.26. The van der Waals surface area contributed by atoms with E-state index in [1.54, 1.807) is 35.7 Å². The second-order valence-electron chi connectivity index (χ2n) is 6.57. The number of amides is 2. The number of nitriles is 1. The molecule has 1 saturated heterocycles. The highest BCUT2D eigenvalue weighted by Crippen LogP contribution is 2.36. The molecule has 0 radical (unpaired) electrons. The lowest BCUT2D eigenvalue weighted by Gasteiger charge is -2.18. The number of benzene rings is 2. The van der Waals surface area contributed by atoms with Crippen LogP contribution >= 0.6 is 23.1 Å². The number of sulfonamides is 1. The first-order chi connectivity index (χ1) is 15.9. The van der Waals surface area contributed by atoms with Crippen LogP contribution in [0.5, 0.6) is 0 Å². The highest BCUT2D eigenvalue weighted by atomic mass is 32.2. The van der Waals surface area contributed by atoms with Gasteiger partial charge in [0.05, 0.1) is 10.6 Å². The molecule has 33 heavy (non-hydrogen) atoms. The lowest BCUT2D eigenvalue weighted by atomic mass is 10.2. The molecule has 1 aliphatic rings. The molecule has 0 bridgehead atoms. The van der Waals surface area contributed by atoms with Crippen LogP contribution in [0.4, 0.5) is 16.5 Å². The molecule has 0 spiro atoms. The summed E-state index contributed by atoms with van der Waals surface area (Å²) in [5, 5.41) is 14.4. The van der Waals surface area contributed by atoms with Crippen LogP contribution in [0.25, 0.3) is 0 Å². The van der Waals surface area contributed by atoms with Crippen LogP contribution < -0.4 is 14.9 Å². The minimum Gasteiger partial charge on any atom is -0.321 e. The fraction of sp³-hybridized carbons (Fsp3) is 0.0476. The summed E-state index contributed by atoms with van der Waals surface area (Å²) < 4.78 is 27.2. The Labute approximate surface area is 197 Å². The largest absolute Gasteiger partial charge is 0.321 e. The first kappa shape index (κ1) is 22.5. The van der Waals surface area contributed by atoms with Gasteiger partial charge < -0.3 is 5.32 Å². The highest BCUT2D eigenvalue weighted by Gasteiger charge is 2.33. The van der Waals surface area contributed by atoms with Crippen LogP contribution in [0.1, 0.15) is 0 Å². The number of carbonyl (C=O) groups excluding carboxylic acids is 2. The maximum atomic E-state index is 12.8. The van der Waals surface area contributed by atoms with Crippen molar-refractivity contribution in [1.82, 2.24) is 4.98 Å². The van der Waals surface area contributed by atoms with Gasteiger partial charge in [0, 0.05) is 23.0 Å². The number of anilines is 3. The second kappa shape index (κ2) is 9.45. The van der Waals surface area contributed by atoms with Crippen molar-refractivity contribution in [3.63, 3.8) is 0 Å². The molecule has 9 nitrogen and oxygen atoms in total. The topological polar surface area (TPSA) is 132 Å². The molecule has 2 N–H and O–H groups in total. The van der Waals surface area contributed by atoms with Gasteiger partial charge in [-0.05, 0) is 36.4 Å². The predicted octanol–water partition coefficient (Wildman–Crippen LogP) is 3.40. The Morgan fingerprint density at radius 3 is 2.48 bits per heavy atom. The average Bonchev–Trinajstić information content (AvgIpc) is 3.44. The van der Waals surface area contributed by atoms with E-state index in [1.807, 2.05) is 6.07 Å². The third kappa shape index (κ3) is 4.90. The molecule has 1 aliphatic heterocycles. The molecule has 0 atom stereocenters. The summed E-state index contributed by atoms with van der Waals surface area (Å²) in [5.74, 6) is -0.822. The number of rotatable bonds is 6. The van der Waals surface area contributed by atoms with Gasteiger partial charge >= 0.3 is 0 Å². The molecule has 0 saturated carbocycles. The Morgan fingerprint density at radius 2 is 1.85 bits per heavy atom. The lowest BCUT2D eigenvalue weighted by molar-refractivity contribution is -0.115. The summed E-state index contributed by atoms with van der Waals surface area (Å²) in [6.07, 6.45) is 1.48. The van der Waals surface area contributed by atoms with Crippen molar-refractivity contribution >= 4 is 61.4 Å². The molecule has 0 unspecified atom stereocenters. The molecule has 4 rings (SSSR count). The van der Waals surface area contributed by atoms with Crippen molar-refractivity contribution in [2.45, 2.75) is 4.90 Å². The number of thiazole rings is 1. The number of carbonyl (C=O) groups is 2. The van der Waals surface area contributed by atoms with E-state index < -0.39 is 15.9 Å². The first-order valence-corrected chi connectivity index (χ1v) is 12.7. The van der Waals surface area contributed by atoms with E-state index in [1.165, 1.54) is 35.4 Å². The van der Waals surface area contributed by atoms with E-state index in [2.05, 4.69) is 15.0 Å². The molecule has 1 aromatic heterocycles. The van der Waals surface area contributed by atoms with Crippen molar-refractivity contribution in [2.24, 2.45) is 0 Å². The molecular formula is C21H15N5O4S3. The minimum absolute atomic E-state index is 0.0123. The van der Waals surface area contributed by atoms with Crippen molar-refractivity contribution < 1.29 is 18.0 Å². The van der Waals surface area contributed by atoms with E-state index in [0.29, 0.717) is 11.4 Å². The van der Waals surface area contributed by atoms with Gasteiger partial charge in [-0.1, -0.05) is 30.0 Å². The number of thioether (sulfide) groups is 1. The van der Waals surface area contributed by atoms with Crippen LogP contribution in [0.2, 0.25) is 0 Å². The van der Waals surface area contributed by atoms with Crippen LogP contribution in [-0.2, 0) is 19.6 Å². The van der Waals surface area contributed by atoms with Gasteiger partial charge in [-0.25, -0.2) is 13.4 Å². The van der Waals surface area contributed by atoms with Gasteiger partial charge in [0.25, 0.3) is 15.9 Å². The van der Waals surface area contributed by atoms with Crippen molar-refractivity contribution in [3.05, 3.63) is 76.8 Å². The van der Waals surface area contributed by atoms with Gasteiger partial charge in [0.15, 0.2) is 5.13 Å². The smallest absolute Gasteiger partial charge is 0.269 e. The van der Waals surface area contributed by atoms with E-state index in [9.17, 15) is 23.3 Å². The van der Waals surface area contributed by atoms with Crippen LogP contribution in [0.3, 0.4) is 0 Å². The lowest BCUT2D eigenvalue weighted by Crippen LogP contribution is -2.26. The molecule has 2 aromatic carbocycles. The van der Waals surface area contributed by atoms with Gasteiger partial charge in [0.2, 0.25) is 5.91 Å². The second-order valence-corrected chi connectivity index (χ2v) is 10.1. The van der Waals surface area contributed by atoms with Crippen molar-refractivity contribution in [1.29, 1.82) is 5.26 Å². The zero-order valence-electron chi connectivity index (χ0n) is 16.8. The molecule has 2 heterocycles. The Bertz CT molecular complexity index is 1360. The number of nitrogens with one attached hydrogen (secondary N) is 2. The standard InChI is InChI=1S/C21H15N5O4S3/c22-12-17(20-26(18(27)13-32-20)15-4-2-1-3-5-15)19(28)24-14-6-8-16(9-7-14)33(29,30)25-21-23-10-11-31-21/h1-11H,13H2,(H,23,25)(H,24,28)/b20-17-. The summed E-state index contributed by atoms with van der Waals surface area (Å²) in [6, 6.07) is 16.1. The quantitative estimate of drug-likeness (QED) is 0.394. The van der Waals surface area contributed by atoms with Gasteiger partial charge in [-0.2, -0.15) is 5.26 Å². The maximum Gasteiger partial charge on any atom is 0.269 e. The highest BCUT2D eigenvalue weighted by molar-refractivity contribution is 8.04. The summed E-state index contributed by atoms with van der Waals surface area (Å²) in [7, 11) is -3.83. The molecule has 2 amide bonds. The molecule has 0 aliphatic carbocycles. The summed E-state index contributed by atoms with van der Waals surface area (Å²) in [5.41, 5.74) is 0.643. The zero-order valence-corrected chi connectivity index (χ0v) is 19.2. The molecule has 166 valence electrons. The molecule has 3 aromatic rings. The number of aromatic nitrogens is 1. The van der Waals surface area contributed by atoms with Crippen molar-refractivity contribution in [3.8, 4) is 6.07 Å². The Balaban J connectivity index is 1.54. The maximum absolute atomic E-state index is 12.8. The predicted molar refractivity (Wildman–Crippen MR) is 127 cm³/mol. The molecular weight excluding hydrogens is 482 g/mol. The fourth-order valence-electron chi connectivity index (χ4n) is 2.95. The van der Waals surface area contributed by atoms with Crippen LogP contribution in [-0.4, -0.2) is 31.0 Å². The monoisotopic (exact) mass is 497 g/mol.